The molecule has 1 aromatic heterocycles. The van der Waals surface area contributed by atoms with E-state index in [1.807, 2.05) is 61.5 Å². The van der Waals surface area contributed by atoms with Gasteiger partial charge in [0.25, 0.3) is 5.91 Å². The highest BCUT2D eigenvalue weighted by molar-refractivity contribution is 6.04. The summed E-state index contributed by atoms with van der Waals surface area (Å²) < 4.78 is 0. The fraction of sp³-hybridized carbons (Fsp3) is 0.190. The molecule has 1 unspecified atom stereocenters. The standard InChI is InChI=1S/C42H39N5O2/c1-29-39(36-18-10-11-19-37(36)43-29)41-34-16-8-9-17-35(34)42(49)47(41)28-38(48)44-32-20-22-33(23-21-32)45-24-26-46(27-25-45)40(30-12-4-2-5-13-30)31-14-6-3-7-15-31/h2-23,40-41,43H,24-28H2,1H3,(H,44,48). The minimum atomic E-state index is -0.352. The summed E-state index contributed by atoms with van der Waals surface area (Å²) in [4.78, 5) is 37.4. The van der Waals surface area contributed by atoms with E-state index in [1.54, 1.807) is 4.90 Å². The van der Waals surface area contributed by atoms with E-state index in [1.165, 1.54) is 11.1 Å². The van der Waals surface area contributed by atoms with Crippen molar-refractivity contribution in [3.05, 3.63) is 167 Å². The normalized spacial score (nSPS) is 16.4. The molecule has 1 fully saturated rings. The van der Waals surface area contributed by atoms with Crippen LogP contribution in [0.5, 0.6) is 0 Å². The molecule has 0 saturated carbocycles. The van der Waals surface area contributed by atoms with Gasteiger partial charge in [-0.25, -0.2) is 0 Å². The van der Waals surface area contributed by atoms with Gasteiger partial charge in [0, 0.05) is 65.3 Å². The van der Waals surface area contributed by atoms with Crippen LogP contribution in [0.25, 0.3) is 10.9 Å². The monoisotopic (exact) mass is 645 g/mol. The first kappa shape index (κ1) is 30.7. The molecule has 1 atom stereocenters. The predicted molar refractivity (Wildman–Crippen MR) is 196 cm³/mol. The number of H-pyrrole nitrogens is 1. The van der Waals surface area contributed by atoms with E-state index in [0.717, 1.165) is 59.6 Å². The minimum absolute atomic E-state index is 0.0508. The first-order valence-electron chi connectivity index (χ1n) is 17.0. The summed E-state index contributed by atoms with van der Waals surface area (Å²) in [6.07, 6.45) is 0. The van der Waals surface area contributed by atoms with Gasteiger partial charge < -0.3 is 20.1 Å². The number of carbonyl (C=O) groups is 2. The van der Waals surface area contributed by atoms with Crippen LogP contribution in [0.3, 0.4) is 0 Å². The molecule has 5 aromatic carbocycles. The van der Waals surface area contributed by atoms with Crippen molar-refractivity contribution < 1.29 is 9.59 Å². The smallest absolute Gasteiger partial charge is 0.255 e. The van der Waals surface area contributed by atoms with E-state index in [2.05, 4.69) is 99.0 Å². The van der Waals surface area contributed by atoms with E-state index in [0.29, 0.717) is 11.3 Å². The number of piperazine rings is 1. The van der Waals surface area contributed by atoms with Crippen molar-refractivity contribution in [2.75, 3.05) is 42.9 Å². The minimum Gasteiger partial charge on any atom is -0.369 e. The Morgan fingerprint density at radius 2 is 1.37 bits per heavy atom. The summed E-state index contributed by atoms with van der Waals surface area (Å²) in [5.74, 6) is -0.352. The molecule has 0 aliphatic carbocycles. The Hall–Kier alpha value is -5.66. The maximum Gasteiger partial charge on any atom is 0.255 e. The number of hydrogen-bond donors (Lipinski definition) is 2. The number of nitrogens with one attached hydrogen (secondary N) is 2. The molecule has 2 N–H and O–H groups in total. The molecule has 7 heteroatoms. The summed E-state index contributed by atoms with van der Waals surface area (Å²) in [5.41, 5.74) is 9.08. The van der Waals surface area contributed by atoms with Crippen molar-refractivity contribution in [3.63, 3.8) is 0 Å². The Morgan fingerprint density at radius 3 is 2.06 bits per heavy atom. The van der Waals surface area contributed by atoms with Gasteiger partial charge in [-0.3, -0.25) is 14.5 Å². The van der Waals surface area contributed by atoms with Crippen LogP contribution >= 0.6 is 0 Å². The number of benzene rings is 5. The third-order valence-corrected chi connectivity index (χ3v) is 10.0. The Labute approximate surface area is 286 Å². The molecule has 0 spiro atoms. The van der Waals surface area contributed by atoms with Crippen LogP contribution in [0.2, 0.25) is 0 Å². The fourth-order valence-electron chi connectivity index (χ4n) is 7.73. The molecular weight excluding hydrogens is 606 g/mol. The molecule has 6 aromatic rings. The zero-order valence-corrected chi connectivity index (χ0v) is 27.6. The highest BCUT2D eigenvalue weighted by Gasteiger charge is 2.40. The highest BCUT2D eigenvalue weighted by Crippen LogP contribution is 2.42. The Balaban J connectivity index is 0.946. The van der Waals surface area contributed by atoms with Gasteiger partial charge in [0.2, 0.25) is 5.91 Å². The Morgan fingerprint density at radius 1 is 0.755 bits per heavy atom. The number of fused-ring (bicyclic) bond motifs is 2. The van der Waals surface area contributed by atoms with Gasteiger partial charge in [0.05, 0.1) is 12.1 Å². The van der Waals surface area contributed by atoms with Crippen molar-refractivity contribution in [1.29, 1.82) is 0 Å². The van der Waals surface area contributed by atoms with E-state index in [4.69, 9.17) is 0 Å². The molecule has 2 aliphatic heterocycles. The highest BCUT2D eigenvalue weighted by atomic mass is 16.2. The maximum atomic E-state index is 13.7. The number of amides is 2. The van der Waals surface area contributed by atoms with Gasteiger partial charge in [0.1, 0.15) is 6.54 Å². The number of anilines is 2. The third-order valence-electron chi connectivity index (χ3n) is 10.0. The van der Waals surface area contributed by atoms with Crippen LogP contribution in [0.15, 0.2) is 133 Å². The number of rotatable bonds is 8. The molecule has 7 nitrogen and oxygen atoms in total. The molecule has 244 valence electrons. The summed E-state index contributed by atoms with van der Waals surface area (Å²) in [6, 6.07) is 45.3. The summed E-state index contributed by atoms with van der Waals surface area (Å²) >= 11 is 0. The van der Waals surface area contributed by atoms with Crippen molar-refractivity contribution >= 4 is 34.1 Å². The lowest BCUT2D eigenvalue weighted by Crippen LogP contribution is -2.48. The molecular formula is C42H39N5O2. The van der Waals surface area contributed by atoms with Crippen LogP contribution in [0, 0.1) is 6.92 Å². The lowest BCUT2D eigenvalue weighted by molar-refractivity contribution is -0.117. The second-order valence-electron chi connectivity index (χ2n) is 13.0. The molecule has 2 amide bonds. The molecule has 8 rings (SSSR count). The summed E-state index contributed by atoms with van der Waals surface area (Å²) in [6.45, 7) is 5.69. The van der Waals surface area contributed by atoms with Crippen LogP contribution < -0.4 is 10.2 Å². The fourth-order valence-corrected chi connectivity index (χ4v) is 7.73. The third kappa shape index (κ3) is 5.87. The van der Waals surface area contributed by atoms with Gasteiger partial charge in [-0.05, 0) is 60.0 Å². The van der Waals surface area contributed by atoms with Crippen LogP contribution in [0.4, 0.5) is 11.4 Å². The second kappa shape index (κ2) is 13.1. The molecule has 49 heavy (non-hydrogen) atoms. The van der Waals surface area contributed by atoms with E-state index < -0.39 is 0 Å². The maximum absolute atomic E-state index is 13.7. The quantitative estimate of drug-likeness (QED) is 0.179. The van der Waals surface area contributed by atoms with Crippen LogP contribution in [-0.4, -0.2) is 59.3 Å². The average Bonchev–Trinajstić information content (AvgIpc) is 3.61. The second-order valence-corrected chi connectivity index (χ2v) is 13.0. The lowest BCUT2D eigenvalue weighted by atomic mass is 9.95. The average molecular weight is 646 g/mol. The number of para-hydroxylation sites is 1. The van der Waals surface area contributed by atoms with Crippen molar-refractivity contribution in [2.45, 2.75) is 19.0 Å². The number of aryl methyl sites for hydroxylation is 1. The SMILES string of the molecule is Cc1[nH]c2ccccc2c1C1c2ccccc2C(=O)N1CC(=O)Nc1ccc(N2CCN(C(c3ccccc3)c3ccccc3)CC2)cc1. The molecule has 0 bridgehead atoms. The molecule has 2 aliphatic rings. The number of aromatic amines is 1. The summed E-state index contributed by atoms with van der Waals surface area (Å²) in [7, 11) is 0. The zero-order valence-electron chi connectivity index (χ0n) is 27.6. The van der Waals surface area contributed by atoms with Gasteiger partial charge in [-0.2, -0.15) is 0 Å². The molecule has 1 saturated heterocycles. The van der Waals surface area contributed by atoms with Gasteiger partial charge >= 0.3 is 0 Å². The first-order chi connectivity index (χ1) is 24.0. The Bertz CT molecular complexity index is 2060. The first-order valence-corrected chi connectivity index (χ1v) is 17.0. The van der Waals surface area contributed by atoms with E-state index in [9.17, 15) is 9.59 Å². The number of aromatic nitrogens is 1. The van der Waals surface area contributed by atoms with Crippen molar-refractivity contribution in [1.82, 2.24) is 14.8 Å². The summed E-state index contributed by atoms with van der Waals surface area (Å²) in [5, 5.41) is 4.12. The van der Waals surface area contributed by atoms with Crippen molar-refractivity contribution in [2.24, 2.45) is 0 Å². The lowest BCUT2D eigenvalue weighted by Gasteiger charge is -2.40. The number of nitrogens with zero attached hydrogens (tertiary/aromatic N) is 3. The largest absolute Gasteiger partial charge is 0.369 e. The number of hydrogen-bond acceptors (Lipinski definition) is 4. The van der Waals surface area contributed by atoms with Crippen molar-refractivity contribution in [3.8, 4) is 0 Å². The number of carbonyl (C=O) groups excluding carboxylic acids is 2. The van der Waals surface area contributed by atoms with Gasteiger partial charge in [-0.1, -0.05) is 97.1 Å². The molecule has 3 heterocycles. The van der Waals surface area contributed by atoms with Crippen LogP contribution in [0.1, 0.15) is 50.4 Å². The van der Waals surface area contributed by atoms with E-state index >= 15 is 0 Å². The van der Waals surface area contributed by atoms with E-state index in [-0.39, 0.29) is 30.4 Å². The molecule has 0 radical (unpaired) electrons. The van der Waals surface area contributed by atoms with Gasteiger partial charge in [0.15, 0.2) is 0 Å². The Kier molecular flexibility index (Phi) is 8.19. The van der Waals surface area contributed by atoms with Crippen LogP contribution in [-0.2, 0) is 4.79 Å². The zero-order chi connectivity index (χ0) is 33.3. The topological polar surface area (TPSA) is 71.7 Å². The van der Waals surface area contributed by atoms with Gasteiger partial charge in [-0.15, -0.1) is 0 Å². The predicted octanol–water partition coefficient (Wildman–Crippen LogP) is 7.57.